The van der Waals surface area contributed by atoms with Crippen LogP contribution in [0.4, 0.5) is 11.9 Å². The number of benzene rings is 1. The number of nitrogens with zero attached hydrogens (tertiary/aromatic N) is 8. The second-order valence-electron chi connectivity index (χ2n) is 7.61. The van der Waals surface area contributed by atoms with Gasteiger partial charge in [0.2, 0.25) is 23.6 Å². The molecule has 1 saturated heterocycles. The minimum absolute atomic E-state index is 0.0595. The molecule has 3 aromatic rings. The van der Waals surface area contributed by atoms with Crippen LogP contribution in [0.15, 0.2) is 34.9 Å². The summed E-state index contributed by atoms with van der Waals surface area (Å²) in [5.41, 5.74) is 6.84. The van der Waals surface area contributed by atoms with Crippen molar-refractivity contribution in [2.24, 2.45) is 0 Å². The van der Waals surface area contributed by atoms with Gasteiger partial charge in [-0.05, 0) is 6.92 Å². The van der Waals surface area contributed by atoms with Gasteiger partial charge in [0.15, 0.2) is 5.82 Å². The Morgan fingerprint density at radius 3 is 2.47 bits per heavy atom. The predicted octanol–water partition coefficient (Wildman–Crippen LogP) is 1.45. The highest BCUT2D eigenvalue weighted by molar-refractivity contribution is 5.53. The van der Waals surface area contributed by atoms with Gasteiger partial charge in [0.25, 0.3) is 0 Å². The molecule has 158 valence electrons. The molecule has 30 heavy (non-hydrogen) atoms. The third-order valence-electron chi connectivity index (χ3n) is 5.25. The molecule has 0 spiro atoms. The highest BCUT2D eigenvalue weighted by Gasteiger charge is 2.25. The van der Waals surface area contributed by atoms with Crippen LogP contribution >= 0.6 is 0 Å². The molecule has 4 rings (SSSR count). The lowest BCUT2D eigenvalue weighted by atomic mass is 10.2. The van der Waals surface area contributed by atoms with E-state index in [1.807, 2.05) is 49.3 Å². The van der Waals surface area contributed by atoms with E-state index in [1.165, 1.54) is 0 Å². The normalized spacial score (nSPS) is 16.5. The Morgan fingerprint density at radius 1 is 1.03 bits per heavy atom. The molecule has 2 N–H and O–H groups in total. The monoisotopic (exact) mass is 409 g/mol. The van der Waals surface area contributed by atoms with Crippen molar-refractivity contribution in [2.45, 2.75) is 19.5 Å². The van der Waals surface area contributed by atoms with Crippen LogP contribution in [0.25, 0.3) is 11.4 Å². The number of hydrogen-bond donors (Lipinski definition) is 1. The topological polar surface area (TPSA) is 113 Å². The molecule has 1 fully saturated rings. The fourth-order valence-electron chi connectivity index (χ4n) is 3.47. The minimum Gasteiger partial charge on any atom is -0.368 e. The maximum atomic E-state index is 5.88. The van der Waals surface area contributed by atoms with Crippen LogP contribution in [0.3, 0.4) is 0 Å². The van der Waals surface area contributed by atoms with Crippen molar-refractivity contribution >= 4 is 11.9 Å². The number of anilines is 2. The summed E-state index contributed by atoms with van der Waals surface area (Å²) in [5.74, 6) is 2.79. The van der Waals surface area contributed by atoms with Gasteiger partial charge in [0.05, 0.1) is 12.6 Å². The van der Waals surface area contributed by atoms with Crippen LogP contribution in [0.5, 0.6) is 0 Å². The number of nitrogens with two attached hydrogens (primary N) is 1. The maximum absolute atomic E-state index is 5.88. The van der Waals surface area contributed by atoms with Crippen LogP contribution in [-0.2, 0) is 6.54 Å². The second kappa shape index (κ2) is 8.72. The standard InChI is InChI=1S/C20H27N9O/c1-14(17-23-19(21)25-20(24-17)27(2)3)29-11-9-28(10-12-29)13-16-22-18(26-30-16)15-7-5-4-6-8-15/h4-8,14H,9-13H2,1-3H3,(H2,21,23,24,25). The average Bonchev–Trinajstić information content (AvgIpc) is 3.22. The predicted molar refractivity (Wildman–Crippen MR) is 114 cm³/mol. The number of aromatic nitrogens is 5. The van der Waals surface area contributed by atoms with E-state index in [-0.39, 0.29) is 12.0 Å². The number of hydrogen-bond acceptors (Lipinski definition) is 10. The van der Waals surface area contributed by atoms with Gasteiger partial charge in [-0.1, -0.05) is 35.5 Å². The van der Waals surface area contributed by atoms with Crippen molar-refractivity contribution in [2.75, 3.05) is 50.9 Å². The summed E-state index contributed by atoms with van der Waals surface area (Å²) in [6, 6.07) is 9.91. The highest BCUT2D eigenvalue weighted by atomic mass is 16.5. The summed E-state index contributed by atoms with van der Waals surface area (Å²) in [7, 11) is 3.78. The third kappa shape index (κ3) is 4.55. The molecule has 0 radical (unpaired) electrons. The van der Waals surface area contributed by atoms with E-state index in [4.69, 9.17) is 10.3 Å². The van der Waals surface area contributed by atoms with Crippen molar-refractivity contribution in [3.8, 4) is 11.4 Å². The van der Waals surface area contributed by atoms with Gasteiger partial charge in [-0.25, -0.2) is 0 Å². The van der Waals surface area contributed by atoms with Crippen molar-refractivity contribution < 1.29 is 4.52 Å². The van der Waals surface area contributed by atoms with Crippen molar-refractivity contribution in [3.63, 3.8) is 0 Å². The van der Waals surface area contributed by atoms with Gasteiger partial charge < -0.3 is 15.2 Å². The molecule has 0 aliphatic carbocycles. The quantitative estimate of drug-likeness (QED) is 0.641. The Balaban J connectivity index is 1.35. The molecule has 0 saturated carbocycles. The van der Waals surface area contributed by atoms with E-state index >= 15 is 0 Å². The zero-order valence-corrected chi connectivity index (χ0v) is 17.6. The molecule has 1 aliphatic rings. The van der Waals surface area contributed by atoms with Gasteiger partial charge in [-0.15, -0.1) is 0 Å². The Kier molecular flexibility index (Phi) is 5.86. The second-order valence-corrected chi connectivity index (χ2v) is 7.61. The molecule has 10 heteroatoms. The molecule has 0 amide bonds. The lowest BCUT2D eigenvalue weighted by molar-refractivity contribution is 0.0877. The van der Waals surface area contributed by atoms with Gasteiger partial charge in [0.1, 0.15) is 0 Å². The van der Waals surface area contributed by atoms with Crippen LogP contribution in [0, 0.1) is 0 Å². The highest BCUT2D eigenvalue weighted by Crippen LogP contribution is 2.21. The SMILES string of the molecule is CC(c1nc(N)nc(N(C)C)n1)N1CCN(Cc2nc(-c3ccccc3)no2)CC1. The first kappa shape index (κ1) is 20.2. The van der Waals surface area contributed by atoms with Crippen molar-refractivity contribution in [1.82, 2.24) is 34.9 Å². The lowest BCUT2D eigenvalue weighted by Crippen LogP contribution is -2.47. The van der Waals surface area contributed by atoms with E-state index in [0.29, 0.717) is 30.0 Å². The maximum Gasteiger partial charge on any atom is 0.241 e. The van der Waals surface area contributed by atoms with Crippen LogP contribution < -0.4 is 10.6 Å². The fourth-order valence-corrected chi connectivity index (χ4v) is 3.47. The van der Waals surface area contributed by atoms with Gasteiger partial charge in [-0.3, -0.25) is 9.80 Å². The molecule has 1 aliphatic heterocycles. The molecule has 3 heterocycles. The summed E-state index contributed by atoms with van der Waals surface area (Å²) in [4.78, 5) is 24.1. The largest absolute Gasteiger partial charge is 0.368 e. The van der Waals surface area contributed by atoms with E-state index < -0.39 is 0 Å². The molecule has 2 aromatic heterocycles. The van der Waals surface area contributed by atoms with Gasteiger partial charge >= 0.3 is 0 Å². The first-order valence-electron chi connectivity index (χ1n) is 10.0. The molecule has 1 unspecified atom stereocenters. The molecule has 1 aromatic carbocycles. The van der Waals surface area contributed by atoms with E-state index in [9.17, 15) is 0 Å². The third-order valence-corrected chi connectivity index (χ3v) is 5.25. The van der Waals surface area contributed by atoms with Crippen LogP contribution in [0.2, 0.25) is 0 Å². The lowest BCUT2D eigenvalue weighted by Gasteiger charge is -2.36. The number of rotatable bonds is 6. The van der Waals surface area contributed by atoms with E-state index in [0.717, 1.165) is 31.7 Å². The summed E-state index contributed by atoms with van der Waals surface area (Å²) >= 11 is 0. The zero-order chi connectivity index (χ0) is 21.1. The van der Waals surface area contributed by atoms with Gasteiger partial charge in [-0.2, -0.15) is 19.9 Å². The van der Waals surface area contributed by atoms with Crippen molar-refractivity contribution in [3.05, 3.63) is 42.0 Å². The van der Waals surface area contributed by atoms with Gasteiger partial charge in [0, 0.05) is 45.8 Å². The Bertz CT molecular complexity index is 967. The molecule has 1 atom stereocenters. The molecular formula is C20H27N9O. The first-order chi connectivity index (χ1) is 14.5. The summed E-state index contributed by atoms with van der Waals surface area (Å²) in [6.07, 6.45) is 0. The summed E-state index contributed by atoms with van der Waals surface area (Å²) < 4.78 is 5.45. The van der Waals surface area contributed by atoms with Crippen molar-refractivity contribution in [1.29, 1.82) is 0 Å². The molecule has 0 bridgehead atoms. The van der Waals surface area contributed by atoms with Crippen LogP contribution in [-0.4, -0.2) is 75.2 Å². The summed E-state index contributed by atoms with van der Waals surface area (Å²) in [5, 5.41) is 4.10. The first-order valence-corrected chi connectivity index (χ1v) is 10.0. The van der Waals surface area contributed by atoms with Crippen LogP contribution in [0.1, 0.15) is 24.7 Å². The average molecular weight is 409 g/mol. The zero-order valence-electron chi connectivity index (χ0n) is 17.6. The molecule has 10 nitrogen and oxygen atoms in total. The Hall–Kier alpha value is -3.11. The minimum atomic E-state index is 0.0595. The smallest absolute Gasteiger partial charge is 0.241 e. The Morgan fingerprint density at radius 2 is 1.77 bits per heavy atom. The van der Waals surface area contributed by atoms with E-state index in [2.05, 4.69) is 41.8 Å². The Labute approximate surface area is 175 Å². The van der Waals surface area contributed by atoms with E-state index in [1.54, 1.807) is 0 Å². The number of nitrogen functional groups attached to an aromatic ring is 1. The summed E-state index contributed by atoms with van der Waals surface area (Å²) in [6.45, 7) is 6.33. The molecular weight excluding hydrogens is 382 g/mol. The fraction of sp³-hybridized carbons (Fsp3) is 0.450. The number of piperazine rings is 1.